The van der Waals surface area contributed by atoms with Gasteiger partial charge in [-0.25, -0.2) is 0 Å². The van der Waals surface area contributed by atoms with Gasteiger partial charge in [0, 0.05) is 26.1 Å². The highest BCUT2D eigenvalue weighted by Gasteiger charge is 2.20. The molecule has 1 aliphatic heterocycles. The number of nitrogens with zero attached hydrogens (tertiary/aromatic N) is 1. The predicted octanol–water partition coefficient (Wildman–Crippen LogP) is 2.49. The number of hydrogen-bond acceptors (Lipinski definition) is 3. The van der Waals surface area contributed by atoms with Crippen molar-refractivity contribution < 1.29 is 14.3 Å². The topological polar surface area (TPSA) is 58.6 Å². The zero-order valence-electron chi connectivity index (χ0n) is 14.5. The Morgan fingerprint density at radius 2 is 1.83 bits per heavy atom. The van der Waals surface area contributed by atoms with Gasteiger partial charge in [0.25, 0.3) is 0 Å². The number of carbonyl (C=O) groups is 2. The summed E-state index contributed by atoms with van der Waals surface area (Å²) in [6.45, 7) is 4.52. The van der Waals surface area contributed by atoms with Gasteiger partial charge in [-0.05, 0) is 31.6 Å². The molecule has 0 bridgehead atoms. The van der Waals surface area contributed by atoms with Crippen molar-refractivity contribution in [1.82, 2.24) is 10.2 Å². The molecule has 23 heavy (non-hydrogen) atoms. The molecule has 1 N–H and O–H groups in total. The van der Waals surface area contributed by atoms with Gasteiger partial charge in [0.15, 0.2) is 0 Å². The fraction of sp³-hybridized carbons (Fsp3) is 0.889. The molecule has 5 nitrogen and oxygen atoms in total. The lowest BCUT2D eigenvalue weighted by Gasteiger charge is -2.26. The van der Waals surface area contributed by atoms with Gasteiger partial charge in [-0.1, -0.05) is 32.6 Å². The van der Waals surface area contributed by atoms with Crippen LogP contribution in [-0.2, 0) is 14.3 Å². The first-order valence-electron chi connectivity index (χ1n) is 9.31. The first kappa shape index (κ1) is 18.2. The lowest BCUT2D eigenvalue weighted by molar-refractivity contribution is -0.131. The minimum Gasteiger partial charge on any atom is -0.368 e. The minimum atomic E-state index is -0.105. The van der Waals surface area contributed by atoms with Crippen molar-refractivity contribution in [3.63, 3.8) is 0 Å². The predicted molar refractivity (Wildman–Crippen MR) is 90.0 cm³/mol. The lowest BCUT2D eigenvalue weighted by Crippen LogP contribution is -2.36. The summed E-state index contributed by atoms with van der Waals surface area (Å²) in [7, 11) is 0. The molecule has 2 atom stereocenters. The standard InChI is InChI=1S/C18H32N2O3/c1-15-7-6-8-16(13-15)23-14-17(21)19-10-9-18(22)20-11-4-2-3-5-12-20/h15-16H,2-14H2,1H3,(H,19,21)/t15-,16+/m1/s1. The molecule has 5 heteroatoms. The third-order valence-electron chi connectivity index (χ3n) is 4.96. The largest absolute Gasteiger partial charge is 0.368 e. The highest BCUT2D eigenvalue weighted by molar-refractivity contribution is 5.79. The fourth-order valence-corrected chi connectivity index (χ4v) is 3.56. The van der Waals surface area contributed by atoms with E-state index in [9.17, 15) is 9.59 Å². The zero-order chi connectivity index (χ0) is 16.5. The van der Waals surface area contributed by atoms with Crippen LogP contribution in [0.5, 0.6) is 0 Å². The monoisotopic (exact) mass is 324 g/mol. The average molecular weight is 324 g/mol. The molecule has 2 aliphatic rings. The highest BCUT2D eigenvalue weighted by atomic mass is 16.5. The number of carbonyl (C=O) groups excluding carboxylic acids is 2. The molecule has 1 saturated carbocycles. The number of rotatable bonds is 6. The van der Waals surface area contributed by atoms with E-state index in [-0.39, 0.29) is 24.5 Å². The number of amides is 2. The second-order valence-electron chi connectivity index (χ2n) is 7.10. The molecule has 2 rings (SSSR count). The Balaban J connectivity index is 1.56. The van der Waals surface area contributed by atoms with E-state index >= 15 is 0 Å². The van der Waals surface area contributed by atoms with Gasteiger partial charge in [-0.3, -0.25) is 9.59 Å². The van der Waals surface area contributed by atoms with Crippen molar-refractivity contribution in [1.29, 1.82) is 0 Å². The van der Waals surface area contributed by atoms with Gasteiger partial charge >= 0.3 is 0 Å². The van der Waals surface area contributed by atoms with Crippen LogP contribution in [0.2, 0.25) is 0 Å². The van der Waals surface area contributed by atoms with Crippen LogP contribution in [0.4, 0.5) is 0 Å². The Labute approximate surface area is 140 Å². The number of likely N-dealkylation sites (tertiary alicyclic amines) is 1. The highest BCUT2D eigenvalue weighted by Crippen LogP contribution is 2.25. The molecule has 2 amide bonds. The molecule has 1 saturated heterocycles. The van der Waals surface area contributed by atoms with Gasteiger partial charge in [0.2, 0.25) is 11.8 Å². The first-order valence-corrected chi connectivity index (χ1v) is 9.31. The summed E-state index contributed by atoms with van der Waals surface area (Å²) in [5, 5.41) is 2.81. The Morgan fingerprint density at radius 3 is 2.52 bits per heavy atom. The summed E-state index contributed by atoms with van der Waals surface area (Å²) in [4.78, 5) is 25.9. The number of nitrogens with one attached hydrogen (secondary N) is 1. The van der Waals surface area contributed by atoms with Crippen molar-refractivity contribution >= 4 is 11.8 Å². The van der Waals surface area contributed by atoms with Crippen LogP contribution >= 0.6 is 0 Å². The Morgan fingerprint density at radius 1 is 1.09 bits per heavy atom. The number of hydrogen-bond donors (Lipinski definition) is 1. The average Bonchev–Trinajstić information content (AvgIpc) is 2.82. The summed E-state index contributed by atoms with van der Waals surface area (Å²) < 4.78 is 5.70. The molecule has 0 aromatic rings. The van der Waals surface area contributed by atoms with Crippen molar-refractivity contribution in [3.05, 3.63) is 0 Å². The van der Waals surface area contributed by atoms with E-state index in [1.807, 2.05) is 4.90 Å². The molecule has 1 aliphatic carbocycles. The molecule has 2 fully saturated rings. The Bertz CT molecular complexity index is 378. The maximum absolute atomic E-state index is 12.1. The molecule has 0 aromatic carbocycles. The molecule has 0 aromatic heterocycles. The van der Waals surface area contributed by atoms with Gasteiger partial charge in [0.1, 0.15) is 6.61 Å². The summed E-state index contributed by atoms with van der Waals surface area (Å²) in [6, 6.07) is 0. The van der Waals surface area contributed by atoms with Gasteiger partial charge in [0.05, 0.1) is 6.10 Å². The van der Waals surface area contributed by atoms with E-state index in [2.05, 4.69) is 12.2 Å². The molecular weight excluding hydrogens is 292 g/mol. The summed E-state index contributed by atoms with van der Waals surface area (Å²) in [6.07, 6.45) is 9.84. The van der Waals surface area contributed by atoms with Gasteiger partial charge < -0.3 is 15.0 Å². The summed E-state index contributed by atoms with van der Waals surface area (Å²) in [5.41, 5.74) is 0. The SMILES string of the molecule is C[C@@H]1CCC[C@H](OCC(=O)NCCC(=O)N2CCCCCC2)C1. The maximum atomic E-state index is 12.1. The first-order chi connectivity index (χ1) is 11.1. The minimum absolute atomic E-state index is 0.105. The molecule has 1 heterocycles. The Hall–Kier alpha value is -1.10. The third kappa shape index (κ3) is 6.90. The molecule has 0 unspecified atom stereocenters. The van der Waals surface area contributed by atoms with Gasteiger partial charge in [-0.2, -0.15) is 0 Å². The van der Waals surface area contributed by atoms with E-state index in [0.717, 1.165) is 38.8 Å². The van der Waals surface area contributed by atoms with Crippen molar-refractivity contribution in [2.45, 2.75) is 70.8 Å². The van der Waals surface area contributed by atoms with Gasteiger partial charge in [-0.15, -0.1) is 0 Å². The van der Waals surface area contributed by atoms with Crippen LogP contribution in [0.1, 0.15) is 64.7 Å². The lowest BCUT2D eigenvalue weighted by atomic mass is 9.89. The molecule has 0 radical (unpaired) electrons. The van der Waals surface area contributed by atoms with E-state index < -0.39 is 0 Å². The van der Waals surface area contributed by atoms with Crippen LogP contribution in [0.3, 0.4) is 0 Å². The van der Waals surface area contributed by atoms with Crippen molar-refractivity contribution in [2.75, 3.05) is 26.2 Å². The smallest absolute Gasteiger partial charge is 0.246 e. The van der Waals surface area contributed by atoms with Crippen LogP contribution in [0.15, 0.2) is 0 Å². The van der Waals surface area contributed by atoms with Crippen molar-refractivity contribution in [2.24, 2.45) is 5.92 Å². The van der Waals surface area contributed by atoms with E-state index in [1.54, 1.807) is 0 Å². The summed E-state index contributed by atoms with van der Waals surface area (Å²) in [5.74, 6) is 0.754. The zero-order valence-corrected chi connectivity index (χ0v) is 14.5. The van der Waals surface area contributed by atoms with E-state index in [4.69, 9.17) is 4.74 Å². The summed E-state index contributed by atoms with van der Waals surface area (Å²) >= 11 is 0. The second kappa shape index (κ2) is 9.91. The molecular formula is C18H32N2O3. The quantitative estimate of drug-likeness (QED) is 0.816. The third-order valence-corrected chi connectivity index (χ3v) is 4.96. The van der Waals surface area contributed by atoms with Crippen molar-refractivity contribution in [3.8, 4) is 0 Å². The van der Waals surface area contributed by atoms with Crippen LogP contribution in [0.25, 0.3) is 0 Å². The van der Waals surface area contributed by atoms with Crippen LogP contribution < -0.4 is 5.32 Å². The van der Waals surface area contributed by atoms with E-state index in [0.29, 0.717) is 18.9 Å². The van der Waals surface area contributed by atoms with Crippen LogP contribution in [0, 0.1) is 5.92 Å². The Kier molecular flexibility index (Phi) is 7.86. The second-order valence-corrected chi connectivity index (χ2v) is 7.10. The molecule has 0 spiro atoms. The fourth-order valence-electron chi connectivity index (χ4n) is 3.56. The van der Waals surface area contributed by atoms with Crippen LogP contribution in [-0.4, -0.2) is 49.1 Å². The molecule has 132 valence electrons. The number of ether oxygens (including phenoxy) is 1. The normalized spacial score (nSPS) is 25.7. The maximum Gasteiger partial charge on any atom is 0.246 e. The van der Waals surface area contributed by atoms with E-state index in [1.165, 1.54) is 25.7 Å².